The highest BCUT2D eigenvalue weighted by atomic mass is 32.2. The fourth-order valence-corrected chi connectivity index (χ4v) is 5.50. The zero-order valence-electron chi connectivity index (χ0n) is 20.0. The Labute approximate surface area is 205 Å². The third kappa shape index (κ3) is 4.90. The summed E-state index contributed by atoms with van der Waals surface area (Å²) >= 11 is 0. The van der Waals surface area contributed by atoms with Crippen molar-refractivity contribution >= 4 is 21.6 Å². The molecule has 9 heteroatoms. The highest BCUT2D eigenvalue weighted by molar-refractivity contribution is 7.92. The van der Waals surface area contributed by atoms with Gasteiger partial charge in [0.25, 0.3) is 15.9 Å². The van der Waals surface area contributed by atoms with Gasteiger partial charge in [-0.2, -0.15) is 0 Å². The second-order valence-corrected chi connectivity index (χ2v) is 10.1. The first kappa shape index (κ1) is 24.4. The first-order valence-electron chi connectivity index (χ1n) is 11.1. The van der Waals surface area contributed by atoms with Gasteiger partial charge >= 0.3 is 0 Å². The van der Waals surface area contributed by atoms with E-state index < -0.39 is 28.1 Å². The number of carbonyl (C=O) groups excluding carboxylic acids is 1. The number of aryl methyl sites for hydroxylation is 1. The van der Waals surface area contributed by atoms with Crippen LogP contribution in [-0.2, 0) is 14.8 Å². The fraction of sp³-hybridized carbons (Fsp3) is 0.269. The predicted molar refractivity (Wildman–Crippen MR) is 133 cm³/mol. The summed E-state index contributed by atoms with van der Waals surface area (Å²) < 4.78 is 45.0. The Hall–Kier alpha value is -3.72. The van der Waals surface area contributed by atoms with Crippen molar-refractivity contribution < 1.29 is 27.4 Å². The Bertz CT molecular complexity index is 1330. The molecule has 3 aromatic rings. The summed E-state index contributed by atoms with van der Waals surface area (Å²) in [6, 6.07) is 18.3. The van der Waals surface area contributed by atoms with Gasteiger partial charge in [0.05, 0.1) is 37.4 Å². The molecule has 0 aromatic heterocycles. The number of rotatable bonds is 7. The molecule has 8 nitrogen and oxygen atoms in total. The summed E-state index contributed by atoms with van der Waals surface area (Å²) in [5.74, 6) is 1.10. The van der Waals surface area contributed by atoms with E-state index in [0.717, 1.165) is 11.1 Å². The van der Waals surface area contributed by atoms with Crippen LogP contribution in [0.4, 0.5) is 5.69 Å². The molecule has 35 heavy (non-hydrogen) atoms. The fourth-order valence-electron chi connectivity index (χ4n) is 4.01. The van der Waals surface area contributed by atoms with E-state index in [1.54, 1.807) is 62.8 Å². The van der Waals surface area contributed by atoms with Crippen LogP contribution in [0, 0.1) is 6.92 Å². The van der Waals surface area contributed by atoms with E-state index in [9.17, 15) is 13.2 Å². The lowest BCUT2D eigenvalue weighted by Crippen LogP contribution is -2.51. The van der Waals surface area contributed by atoms with Gasteiger partial charge in [-0.05, 0) is 61.9 Å². The number of benzene rings is 3. The maximum Gasteiger partial charge on any atom is 0.264 e. The van der Waals surface area contributed by atoms with Crippen molar-refractivity contribution in [3.8, 4) is 17.2 Å². The van der Waals surface area contributed by atoms with E-state index in [0.29, 0.717) is 22.9 Å². The Morgan fingerprint density at radius 2 is 1.80 bits per heavy atom. The van der Waals surface area contributed by atoms with Crippen molar-refractivity contribution in [2.75, 3.05) is 25.1 Å². The molecule has 0 fully saturated rings. The van der Waals surface area contributed by atoms with Crippen LogP contribution in [-0.4, -0.2) is 41.2 Å². The van der Waals surface area contributed by atoms with Crippen molar-refractivity contribution in [1.82, 2.24) is 5.32 Å². The average Bonchev–Trinajstić information content (AvgIpc) is 2.87. The van der Waals surface area contributed by atoms with E-state index >= 15 is 0 Å². The van der Waals surface area contributed by atoms with Gasteiger partial charge in [-0.25, -0.2) is 8.42 Å². The van der Waals surface area contributed by atoms with Crippen LogP contribution in [0.25, 0.3) is 0 Å². The Balaban J connectivity index is 1.64. The van der Waals surface area contributed by atoms with Crippen LogP contribution >= 0.6 is 0 Å². The van der Waals surface area contributed by atoms with E-state index in [1.165, 1.54) is 16.4 Å². The summed E-state index contributed by atoms with van der Waals surface area (Å²) in [5.41, 5.74) is 2.00. The van der Waals surface area contributed by atoms with Gasteiger partial charge in [0, 0.05) is 5.56 Å². The lowest BCUT2D eigenvalue weighted by Gasteiger charge is -2.35. The number of methoxy groups -OCH3 is 2. The van der Waals surface area contributed by atoms with Crippen LogP contribution in [0.15, 0.2) is 71.6 Å². The molecule has 1 aliphatic rings. The number of amides is 1. The third-order valence-corrected chi connectivity index (χ3v) is 7.66. The second-order valence-electron chi connectivity index (χ2n) is 8.27. The van der Waals surface area contributed by atoms with Crippen molar-refractivity contribution in [1.29, 1.82) is 0 Å². The van der Waals surface area contributed by atoms with Gasteiger partial charge in [0.2, 0.25) is 0 Å². The van der Waals surface area contributed by atoms with E-state index in [-0.39, 0.29) is 11.4 Å². The second kappa shape index (κ2) is 9.87. The van der Waals surface area contributed by atoms with E-state index in [1.807, 2.05) is 19.9 Å². The summed E-state index contributed by atoms with van der Waals surface area (Å²) in [5, 5.41) is 2.92. The summed E-state index contributed by atoms with van der Waals surface area (Å²) in [6.45, 7) is 3.52. The molecule has 184 valence electrons. The average molecular weight is 497 g/mol. The normalized spacial score (nSPS) is 16.0. The third-order valence-electron chi connectivity index (χ3n) is 5.87. The molecule has 0 saturated heterocycles. The number of fused-ring (bicyclic) bond motifs is 1. The summed E-state index contributed by atoms with van der Waals surface area (Å²) in [6.07, 6.45) is -1.05. The monoisotopic (exact) mass is 496 g/mol. The van der Waals surface area contributed by atoms with Crippen LogP contribution < -0.4 is 23.8 Å². The summed E-state index contributed by atoms with van der Waals surface area (Å²) in [4.78, 5) is 13.4. The number of anilines is 1. The summed E-state index contributed by atoms with van der Waals surface area (Å²) in [7, 11) is -0.810. The molecular formula is C26H28N2O6S. The minimum Gasteiger partial charge on any atom is -0.497 e. The predicted octanol–water partition coefficient (Wildman–Crippen LogP) is 3.85. The smallest absolute Gasteiger partial charge is 0.264 e. The number of nitrogens with zero attached hydrogens (tertiary/aromatic N) is 1. The molecule has 3 aromatic carbocycles. The molecule has 2 unspecified atom stereocenters. The van der Waals surface area contributed by atoms with Crippen molar-refractivity contribution in [3.05, 3.63) is 77.9 Å². The van der Waals surface area contributed by atoms with Gasteiger partial charge in [-0.1, -0.05) is 24.3 Å². The lowest BCUT2D eigenvalue weighted by molar-refractivity contribution is -0.128. The minimum absolute atomic E-state index is 0.142. The minimum atomic E-state index is -3.92. The SMILES string of the molecule is COc1ccc(OC)c(C(C)NC(=O)C2CN(S(=O)(=O)c3ccccc3)c3cc(C)ccc3O2)c1. The van der Waals surface area contributed by atoms with Crippen molar-refractivity contribution in [2.45, 2.75) is 30.9 Å². The van der Waals surface area contributed by atoms with Crippen LogP contribution in [0.3, 0.4) is 0 Å². The number of carbonyl (C=O) groups is 1. The number of nitrogens with one attached hydrogen (secondary N) is 1. The molecule has 1 aliphatic heterocycles. The molecular weight excluding hydrogens is 468 g/mol. The molecule has 0 radical (unpaired) electrons. The topological polar surface area (TPSA) is 94.2 Å². The largest absolute Gasteiger partial charge is 0.497 e. The van der Waals surface area contributed by atoms with Crippen molar-refractivity contribution in [3.63, 3.8) is 0 Å². The molecule has 0 bridgehead atoms. The van der Waals surface area contributed by atoms with E-state index in [2.05, 4.69) is 5.32 Å². The Morgan fingerprint density at radius 1 is 1.06 bits per heavy atom. The van der Waals surface area contributed by atoms with E-state index in [4.69, 9.17) is 14.2 Å². The Morgan fingerprint density at radius 3 is 2.49 bits per heavy atom. The molecule has 0 spiro atoms. The van der Waals surface area contributed by atoms with Crippen LogP contribution in [0.1, 0.15) is 24.1 Å². The maximum absolute atomic E-state index is 13.5. The zero-order chi connectivity index (χ0) is 25.2. The van der Waals surface area contributed by atoms with Gasteiger partial charge in [0.15, 0.2) is 6.10 Å². The van der Waals surface area contributed by atoms with Gasteiger partial charge in [-0.15, -0.1) is 0 Å². The number of hydrogen-bond acceptors (Lipinski definition) is 6. The molecule has 1 heterocycles. The zero-order valence-corrected chi connectivity index (χ0v) is 20.8. The van der Waals surface area contributed by atoms with Crippen LogP contribution in [0.2, 0.25) is 0 Å². The number of hydrogen-bond donors (Lipinski definition) is 1. The number of sulfonamides is 1. The molecule has 2 atom stereocenters. The standard InChI is InChI=1S/C26H28N2O6S/c1-17-10-12-24-22(14-17)28(35(30,31)20-8-6-5-7-9-20)16-25(34-24)26(29)27-18(2)21-15-19(32-3)11-13-23(21)33-4/h5-15,18,25H,16H2,1-4H3,(H,27,29). The maximum atomic E-state index is 13.5. The first-order chi connectivity index (χ1) is 16.7. The molecule has 0 saturated carbocycles. The quantitative estimate of drug-likeness (QED) is 0.534. The lowest BCUT2D eigenvalue weighted by atomic mass is 10.1. The highest BCUT2D eigenvalue weighted by Crippen LogP contribution is 2.38. The van der Waals surface area contributed by atoms with Gasteiger partial charge in [-0.3, -0.25) is 9.10 Å². The van der Waals surface area contributed by atoms with Gasteiger partial charge in [0.1, 0.15) is 17.2 Å². The Kier molecular flexibility index (Phi) is 6.88. The molecule has 1 amide bonds. The number of ether oxygens (including phenoxy) is 3. The first-order valence-corrected chi connectivity index (χ1v) is 12.6. The molecule has 4 rings (SSSR count). The van der Waals surface area contributed by atoms with Gasteiger partial charge < -0.3 is 19.5 Å². The molecule has 1 N–H and O–H groups in total. The highest BCUT2D eigenvalue weighted by Gasteiger charge is 2.38. The molecule has 0 aliphatic carbocycles. The van der Waals surface area contributed by atoms with Crippen molar-refractivity contribution in [2.24, 2.45) is 0 Å². The van der Waals surface area contributed by atoms with Crippen LogP contribution in [0.5, 0.6) is 17.2 Å².